The first kappa shape index (κ1) is 29.5. The lowest BCUT2D eigenvalue weighted by Gasteiger charge is -2.39. The van der Waals surface area contributed by atoms with Crippen LogP contribution in [-0.2, 0) is 9.47 Å². The van der Waals surface area contributed by atoms with E-state index >= 15 is 0 Å². The van der Waals surface area contributed by atoms with E-state index in [1.54, 1.807) is 6.08 Å². The van der Waals surface area contributed by atoms with Gasteiger partial charge < -0.3 is 40.7 Å². The lowest BCUT2D eigenvalue weighted by molar-refractivity contribution is -0.302. The van der Waals surface area contributed by atoms with Crippen LogP contribution in [0.2, 0.25) is 0 Å². The molecule has 0 spiro atoms. The second kappa shape index (κ2) is 17.8. The number of hydrogen-bond donors (Lipinski definition) is 6. The van der Waals surface area contributed by atoms with Crippen molar-refractivity contribution in [1.82, 2.24) is 0 Å². The van der Waals surface area contributed by atoms with E-state index in [4.69, 9.17) is 15.2 Å². The number of allylic oxidation sites excluding steroid dienone is 1. The smallest absolute Gasteiger partial charge is 0.186 e. The Morgan fingerprint density at radius 1 is 0.875 bits per heavy atom. The highest BCUT2D eigenvalue weighted by Crippen LogP contribution is 2.22. The van der Waals surface area contributed by atoms with Gasteiger partial charge in [-0.3, -0.25) is 0 Å². The molecule has 1 heterocycles. The quantitative estimate of drug-likeness (QED) is 0.134. The molecule has 190 valence electrons. The van der Waals surface area contributed by atoms with Crippen LogP contribution in [0.4, 0.5) is 0 Å². The molecule has 0 bridgehead atoms. The predicted octanol–water partition coefficient (Wildman–Crippen LogP) is 1.75. The zero-order valence-corrected chi connectivity index (χ0v) is 19.7. The molecule has 0 amide bonds. The number of nitrogens with two attached hydrogens (primary N) is 1. The Bertz CT molecular complexity index is 477. The maximum absolute atomic E-state index is 10.2. The molecule has 8 heteroatoms. The average Bonchev–Trinajstić information content (AvgIpc) is 2.79. The number of unbranched alkanes of at least 4 members (excludes halogenated alkanes) is 11. The zero-order chi connectivity index (χ0) is 23.8. The summed E-state index contributed by atoms with van der Waals surface area (Å²) in [6, 6.07) is -0.740. The fourth-order valence-electron chi connectivity index (χ4n) is 3.81. The number of aliphatic hydroxyl groups is 5. The standard InChI is InChI=1S/C24H47NO7/c1-2-3-4-5-6-7-8-9-10-11-12-13-14-15-19(27)18(25)17-31-24-23(30)22(29)21(28)20(16-26)32-24/h14-15,18-24,26-30H,2-13,16-17,25H2,1H3/b15-14+/t18-,19+,20?,21+,22?,23-,24-/m0/s1. The van der Waals surface area contributed by atoms with Crippen molar-refractivity contribution in [2.75, 3.05) is 13.2 Å². The highest BCUT2D eigenvalue weighted by Gasteiger charge is 2.44. The molecule has 7 N–H and O–H groups in total. The van der Waals surface area contributed by atoms with Gasteiger partial charge in [-0.2, -0.15) is 0 Å². The number of aliphatic hydroxyl groups excluding tert-OH is 5. The maximum Gasteiger partial charge on any atom is 0.186 e. The third-order valence-electron chi connectivity index (χ3n) is 6.05. The number of hydrogen-bond acceptors (Lipinski definition) is 8. The molecule has 0 radical (unpaired) electrons. The van der Waals surface area contributed by atoms with Crippen LogP contribution in [-0.4, -0.2) is 81.6 Å². The molecule has 1 aliphatic heterocycles. The Morgan fingerprint density at radius 2 is 1.44 bits per heavy atom. The van der Waals surface area contributed by atoms with Gasteiger partial charge in [0.1, 0.15) is 24.4 Å². The molecule has 1 aliphatic rings. The first-order chi connectivity index (χ1) is 15.4. The molecule has 32 heavy (non-hydrogen) atoms. The molecule has 1 saturated heterocycles. The Morgan fingerprint density at radius 3 is 2.00 bits per heavy atom. The summed E-state index contributed by atoms with van der Waals surface area (Å²) >= 11 is 0. The van der Waals surface area contributed by atoms with E-state index in [0.29, 0.717) is 0 Å². The minimum atomic E-state index is -1.50. The maximum atomic E-state index is 10.2. The van der Waals surface area contributed by atoms with Crippen molar-refractivity contribution in [1.29, 1.82) is 0 Å². The third kappa shape index (κ3) is 11.5. The van der Waals surface area contributed by atoms with E-state index in [1.807, 2.05) is 6.08 Å². The average molecular weight is 462 g/mol. The monoisotopic (exact) mass is 461 g/mol. The van der Waals surface area contributed by atoms with Gasteiger partial charge in [-0.25, -0.2) is 0 Å². The van der Waals surface area contributed by atoms with Crippen molar-refractivity contribution in [3.05, 3.63) is 12.2 Å². The SMILES string of the molecule is CCCCCCCCCCCCC/C=C/[C@@H](O)[C@@H](N)CO[C@H]1OC(CO)[C@@H](O)C(O)[C@@H]1O. The van der Waals surface area contributed by atoms with Gasteiger partial charge >= 0.3 is 0 Å². The van der Waals surface area contributed by atoms with E-state index in [0.717, 1.165) is 12.8 Å². The molecular weight excluding hydrogens is 414 g/mol. The van der Waals surface area contributed by atoms with Crippen LogP contribution >= 0.6 is 0 Å². The molecule has 7 atom stereocenters. The Hall–Kier alpha value is -0.580. The third-order valence-corrected chi connectivity index (χ3v) is 6.05. The summed E-state index contributed by atoms with van der Waals surface area (Å²) in [4.78, 5) is 0. The van der Waals surface area contributed by atoms with Gasteiger partial charge in [0.2, 0.25) is 0 Å². The lowest BCUT2D eigenvalue weighted by Crippen LogP contribution is -2.59. The van der Waals surface area contributed by atoms with Crippen LogP contribution in [0.1, 0.15) is 84.0 Å². The predicted molar refractivity (Wildman–Crippen MR) is 124 cm³/mol. The van der Waals surface area contributed by atoms with E-state index < -0.39 is 49.5 Å². The largest absolute Gasteiger partial charge is 0.394 e. The Labute approximate surface area is 193 Å². The van der Waals surface area contributed by atoms with E-state index in [9.17, 15) is 25.5 Å². The van der Waals surface area contributed by atoms with Crippen LogP contribution in [0.3, 0.4) is 0 Å². The molecule has 2 unspecified atom stereocenters. The molecule has 1 rings (SSSR count). The minimum Gasteiger partial charge on any atom is -0.394 e. The van der Waals surface area contributed by atoms with Crippen LogP contribution in [0.15, 0.2) is 12.2 Å². The lowest BCUT2D eigenvalue weighted by atomic mass is 9.99. The van der Waals surface area contributed by atoms with Crippen LogP contribution < -0.4 is 5.73 Å². The van der Waals surface area contributed by atoms with Gasteiger partial charge in [-0.05, 0) is 12.8 Å². The van der Waals surface area contributed by atoms with Crippen molar-refractivity contribution < 1.29 is 35.0 Å². The van der Waals surface area contributed by atoms with Crippen LogP contribution in [0, 0.1) is 0 Å². The normalized spacial score (nSPS) is 28.3. The molecule has 0 aromatic rings. The Balaban J connectivity index is 2.10. The minimum absolute atomic E-state index is 0.118. The zero-order valence-electron chi connectivity index (χ0n) is 19.7. The van der Waals surface area contributed by atoms with Gasteiger partial charge in [0.05, 0.1) is 25.4 Å². The summed E-state index contributed by atoms with van der Waals surface area (Å²) in [6.07, 6.45) is 11.1. The molecule has 0 aliphatic carbocycles. The fraction of sp³-hybridized carbons (Fsp3) is 0.917. The van der Waals surface area contributed by atoms with Crippen LogP contribution in [0.5, 0.6) is 0 Å². The van der Waals surface area contributed by atoms with E-state index in [2.05, 4.69) is 6.92 Å². The van der Waals surface area contributed by atoms with Crippen molar-refractivity contribution in [2.24, 2.45) is 5.73 Å². The fourth-order valence-corrected chi connectivity index (χ4v) is 3.81. The van der Waals surface area contributed by atoms with Crippen molar-refractivity contribution >= 4 is 0 Å². The molecule has 0 aromatic carbocycles. The topological polar surface area (TPSA) is 146 Å². The second-order valence-electron chi connectivity index (χ2n) is 8.94. The highest BCUT2D eigenvalue weighted by molar-refractivity contribution is 4.94. The summed E-state index contributed by atoms with van der Waals surface area (Å²) in [5.41, 5.74) is 5.93. The molecule has 0 saturated carbocycles. The van der Waals surface area contributed by atoms with Gasteiger partial charge in [0.25, 0.3) is 0 Å². The van der Waals surface area contributed by atoms with Crippen molar-refractivity contribution in [2.45, 2.75) is 127 Å². The van der Waals surface area contributed by atoms with E-state index in [-0.39, 0.29) is 6.61 Å². The molecular formula is C24H47NO7. The highest BCUT2D eigenvalue weighted by atomic mass is 16.7. The molecule has 0 aromatic heterocycles. The van der Waals surface area contributed by atoms with Crippen molar-refractivity contribution in [3.8, 4) is 0 Å². The first-order valence-corrected chi connectivity index (χ1v) is 12.4. The van der Waals surface area contributed by atoms with Crippen molar-refractivity contribution in [3.63, 3.8) is 0 Å². The number of rotatable bonds is 18. The van der Waals surface area contributed by atoms with Gasteiger partial charge in [-0.15, -0.1) is 0 Å². The summed E-state index contributed by atoms with van der Waals surface area (Å²) in [5.74, 6) is 0. The second-order valence-corrected chi connectivity index (χ2v) is 8.94. The number of ether oxygens (including phenoxy) is 2. The van der Waals surface area contributed by atoms with Gasteiger partial charge in [-0.1, -0.05) is 83.3 Å². The summed E-state index contributed by atoms with van der Waals surface area (Å²) in [6.45, 7) is 1.60. The summed E-state index contributed by atoms with van der Waals surface area (Å²) in [7, 11) is 0. The summed E-state index contributed by atoms with van der Waals surface area (Å²) in [5, 5.41) is 48.8. The molecule has 1 fully saturated rings. The summed E-state index contributed by atoms with van der Waals surface area (Å²) < 4.78 is 10.6. The Kier molecular flexibility index (Phi) is 16.4. The van der Waals surface area contributed by atoms with Gasteiger partial charge in [0, 0.05) is 0 Å². The van der Waals surface area contributed by atoms with E-state index in [1.165, 1.54) is 64.2 Å². The van der Waals surface area contributed by atoms with Gasteiger partial charge in [0.15, 0.2) is 6.29 Å². The first-order valence-electron chi connectivity index (χ1n) is 12.4. The molecule has 8 nitrogen and oxygen atoms in total. The van der Waals surface area contributed by atoms with Crippen LogP contribution in [0.25, 0.3) is 0 Å².